The van der Waals surface area contributed by atoms with Crippen molar-refractivity contribution in [3.63, 3.8) is 0 Å². The minimum absolute atomic E-state index is 1.17. The number of H-pyrrole nitrogens is 1. The molecule has 1 heteroatoms. The molecule has 0 amide bonds. The summed E-state index contributed by atoms with van der Waals surface area (Å²) in [7, 11) is 0. The Balaban J connectivity index is 3.12. The highest BCUT2D eigenvalue weighted by atomic mass is 14.7. The molecular weight excluding hydrogens is 134 g/mol. The summed E-state index contributed by atoms with van der Waals surface area (Å²) in [5.74, 6) is 0. The van der Waals surface area contributed by atoms with Crippen LogP contribution in [0.2, 0.25) is 0 Å². The van der Waals surface area contributed by atoms with Crippen LogP contribution in [0.1, 0.15) is 25.1 Å². The fourth-order valence-corrected chi connectivity index (χ4v) is 1.04. The first-order valence-electron chi connectivity index (χ1n) is 3.72. The van der Waals surface area contributed by atoms with E-state index in [2.05, 4.69) is 24.6 Å². The normalized spacial score (nSPS) is 11.6. The summed E-state index contributed by atoms with van der Waals surface area (Å²) in [6.07, 6.45) is 5.87. The Labute approximate surface area is 67.5 Å². The predicted molar refractivity (Wildman–Crippen MR) is 50.2 cm³/mol. The molecule has 1 aromatic rings. The first kappa shape index (κ1) is 7.86. The predicted octanol–water partition coefficient (Wildman–Crippen LogP) is 3.08. The van der Waals surface area contributed by atoms with Crippen LogP contribution in [-0.4, -0.2) is 4.98 Å². The Morgan fingerprint density at radius 1 is 1.64 bits per heavy atom. The summed E-state index contributed by atoms with van der Waals surface area (Å²) in [5, 5.41) is 0. The molecule has 1 heterocycles. The molecule has 0 unspecified atom stereocenters. The average molecular weight is 147 g/mol. The molecule has 58 valence electrons. The van der Waals surface area contributed by atoms with Gasteiger partial charge in [-0.2, -0.15) is 0 Å². The molecule has 1 rings (SSSR count). The van der Waals surface area contributed by atoms with Crippen molar-refractivity contribution in [2.75, 3.05) is 0 Å². The third-order valence-electron chi connectivity index (χ3n) is 1.83. The lowest BCUT2D eigenvalue weighted by atomic mass is 10.1. The van der Waals surface area contributed by atoms with E-state index in [4.69, 9.17) is 0 Å². The van der Waals surface area contributed by atoms with Crippen molar-refractivity contribution in [3.05, 3.63) is 36.2 Å². The zero-order valence-electron chi connectivity index (χ0n) is 7.02. The molecule has 11 heavy (non-hydrogen) atoms. The van der Waals surface area contributed by atoms with Gasteiger partial charge in [-0.1, -0.05) is 18.7 Å². The van der Waals surface area contributed by atoms with Gasteiger partial charge in [0.1, 0.15) is 0 Å². The van der Waals surface area contributed by atoms with Crippen LogP contribution in [0.5, 0.6) is 0 Å². The van der Waals surface area contributed by atoms with Crippen LogP contribution < -0.4 is 0 Å². The molecule has 0 saturated heterocycles. The Hall–Kier alpha value is -1.24. The highest BCUT2D eigenvalue weighted by Crippen LogP contribution is 2.17. The number of aromatic nitrogens is 1. The lowest BCUT2D eigenvalue weighted by Gasteiger charge is -1.97. The van der Waals surface area contributed by atoms with Crippen molar-refractivity contribution in [3.8, 4) is 0 Å². The second-order valence-electron chi connectivity index (χ2n) is 2.48. The largest absolute Gasteiger partial charge is 0.361 e. The molecule has 0 fully saturated rings. The van der Waals surface area contributed by atoms with Gasteiger partial charge in [0.2, 0.25) is 0 Å². The molecule has 1 nitrogen and oxygen atoms in total. The van der Waals surface area contributed by atoms with E-state index < -0.39 is 0 Å². The van der Waals surface area contributed by atoms with Crippen LogP contribution in [0, 0.1) is 0 Å². The second kappa shape index (κ2) is 3.24. The van der Waals surface area contributed by atoms with E-state index in [1.54, 1.807) is 0 Å². The van der Waals surface area contributed by atoms with E-state index in [0.29, 0.717) is 0 Å². The molecule has 0 aliphatic carbocycles. The van der Waals surface area contributed by atoms with E-state index in [0.717, 1.165) is 0 Å². The van der Waals surface area contributed by atoms with Crippen molar-refractivity contribution in [2.24, 2.45) is 0 Å². The standard InChI is InChI=1S/C10H13N/c1-4-8(3)10-9(5-2)6-7-11-10/h4-7,11H,2H2,1,3H3/b8-4-. The minimum Gasteiger partial charge on any atom is -0.361 e. The van der Waals surface area contributed by atoms with Gasteiger partial charge in [0, 0.05) is 11.9 Å². The number of hydrogen-bond acceptors (Lipinski definition) is 0. The van der Waals surface area contributed by atoms with Crippen LogP contribution in [-0.2, 0) is 0 Å². The maximum Gasteiger partial charge on any atom is 0.0480 e. The van der Waals surface area contributed by atoms with Crippen LogP contribution in [0.3, 0.4) is 0 Å². The highest BCUT2D eigenvalue weighted by molar-refractivity contribution is 5.69. The zero-order chi connectivity index (χ0) is 8.27. The van der Waals surface area contributed by atoms with Crippen molar-refractivity contribution in [2.45, 2.75) is 13.8 Å². The van der Waals surface area contributed by atoms with Gasteiger partial charge in [-0.05, 0) is 31.1 Å². The van der Waals surface area contributed by atoms with Gasteiger partial charge in [-0.3, -0.25) is 0 Å². The number of nitrogens with one attached hydrogen (secondary N) is 1. The fourth-order valence-electron chi connectivity index (χ4n) is 1.04. The van der Waals surface area contributed by atoms with Crippen LogP contribution in [0.4, 0.5) is 0 Å². The van der Waals surface area contributed by atoms with Crippen LogP contribution >= 0.6 is 0 Å². The third-order valence-corrected chi connectivity index (χ3v) is 1.83. The van der Waals surface area contributed by atoms with Gasteiger partial charge in [-0.25, -0.2) is 0 Å². The molecule has 0 aromatic carbocycles. The number of rotatable bonds is 2. The highest BCUT2D eigenvalue weighted by Gasteiger charge is 1.99. The maximum atomic E-state index is 3.73. The monoisotopic (exact) mass is 147 g/mol. The Morgan fingerprint density at radius 3 is 2.91 bits per heavy atom. The molecule has 0 aliphatic heterocycles. The van der Waals surface area contributed by atoms with Gasteiger partial charge in [0.05, 0.1) is 0 Å². The van der Waals surface area contributed by atoms with Crippen LogP contribution in [0.15, 0.2) is 24.9 Å². The van der Waals surface area contributed by atoms with Gasteiger partial charge in [0.15, 0.2) is 0 Å². The SMILES string of the molecule is C=Cc1cc[nH]c1/C(C)=C\C. The van der Waals surface area contributed by atoms with Gasteiger partial charge < -0.3 is 4.98 Å². The molecule has 0 atom stereocenters. The molecule has 0 saturated carbocycles. The molecule has 0 radical (unpaired) electrons. The van der Waals surface area contributed by atoms with Gasteiger partial charge in [-0.15, -0.1) is 0 Å². The Kier molecular flexibility index (Phi) is 2.32. The second-order valence-corrected chi connectivity index (χ2v) is 2.48. The van der Waals surface area contributed by atoms with E-state index in [1.807, 2.05) is 25.3 Å². The fraction of sp³-hybridized carbons (Fsp3) is 0.200. The molecule has 0 spiro atoms. The van der Waals surface area contributed by atoms with Crippen molar-refractivity contribution >= 4 is 11.6 Å². The first-order chi connectivity index (χ1) is 5.29. The van der Waals surface area contributed by atoms with Crippen molar-refractivity contribution in [1.29, 1.82) is 0 Å². The van der Waals surface area contributed by atoms with E-state index in [1.165, 1.54) is 16.8 Å². The minimum atomic E-state index is 1.17. The Bertz CT molecular complexity index is 279. The van der Waals surface area contributed by atoms with Crippen molar-refractivity contribution in [1.82, 2.24) is 4.98 Å². The summed E-state index contributed by atoms with van der Waals surface area (Å²) in [6, 6.07) is 2.02. The molecular formula is C10H13N. The summed E-state index contributed by atoms with van der Waals surface area (Å²) in [6.45, 7) is 7.85. The van der Waals surface area contributed by atoms with Gasteiger partial charge in [0.25, 0.3) is 0 Å². The third kappa shape index (κ3) is 1.43. The molecule has 1 aromatic heterocycles. The molecule has 1 N–H and O–H groups in total. The average Bonchev–Trinajstić information content (AvgIpc) is 2.50. The number of aromatic amines is 1. The topological polar surface area (TPSA) is 15.8 Å². The lowest BCUT2D eigenvalue weighted by Crippen LogP contribution is -1.80. The summed E-state index contributed by atoms with van der Waals surface area (Å²) >= 11 is 0. The van der Waals surface area contributed by atoms with E-state index in [9.17, 15) is 0 Å². The molecule has 0 bridgehead atoms. The van der Waals surface area contributed by atoms with Crippen LogP contribution in [0.25, 0.3) is 11.6 Å². The molecule has 0 aliphatic rings. The van der Waals surface area contributed by atoms with E-state index in [-0.39, 0.29) is 0 Å². The quantitative estimate of drug-likeness (QED) is 0.661. The van der Waals surface area contributed by atoms with E-state index >= 15 is 0 Å². The zero-order valence-corrected chi connectivity index (χ0v) is 7.02. The smallest absolute Gasteiger partial charge is 0.0480 e. The lowest BCUT2D eigenvalue weighted by molar-refractivity contribution is 1.33. The summed E-state index contributed by atoms with van der Waals surface area (Å²) < 4.78 is 0. The number of allylic oxidation sites excluding steroid dienone is 2. The van der Waals surface area contributed by atoms with Gasteiger partial charge >= 0.3 is 0 Å². The summed E-state index contributed by atoms with van der Waals surface area (Å²) in [4.78, 5) is 3.17. The Morgan fingerprint density at radius 2 is 2.36 bits per heavy atom. The number of hydrogen-bond donors (Lipinski definition) is 1. The van der Waals surface area contributed by atoms with Crippen molar-refractivity contribution < 1.29 is 0 Å². The maximum absolute atomic E-state index is 3.73. The summed E-state index contributed by atoms with van der Waals surface area (Å²) in [5.41, 5.74) is 3.59. The first-order valence-corrected chi connectivity index (χ1v) is 3.72.